The van der Waals surface area contributed by atoms with E-state index in [1.165, 1.54) is 0 Å². The smallest absolute Gasteiger partial charge is 0.163 e. The second-order valence-electron chi connectivity index (χ2n) is 1.93. The molecule has 0 saturated carbocycles. The van der Waals surface area contributed by atoms with Gasteiger partial charge in [-0.3, -0.25) is 4.79 Å². The summed E-state index contributed by atoms with van der Waals surface area (Å²) in [7, 11) is 0. The maximum absolute atomic E-state index is 10.6. The fourth-order valence-electron chi connectivity index (χ4n) is 0.636. The second kappa shape index (κ2) is 2.84. The van der Waals surface area contributed by atoms with Gasteiger partial charge in [-0.25, -0.2) is 0 Å². The van der Waals surface area contributed by atoms with Gasteiger partial charge >= 0.3 is 0 Å². The zero-order valence-corrected chi connectivity index (χ0v) is 6.06. The lowest BCUT2D eigenvalue weighted by atomic mass is 10.2. The normalized spacial score (nSPS) is 9.40. The van der Waals surface area contributed by atoms with Crippen LogP contribution in [0.4, 0.5) is 0 Å². The number of ketones is 1. The number of rotatable bonds is 1. The third-order valence-corrected chi connectivity index (χ3v) is 1.42. The predicted molar refractivity (Wildman–Crippen MR) is 41.1 cm³/mol. The molecule has 0 N–H and O–H groups in total. The lowest BCUT2D eigenvalue weighted by molar-refractivity contribution is 0.104. The molecule has 51 valence electrons. The van der Waals surface area contributed by atoms with Gasteiger partial charge in [0.25, 0.3) is 0 Å². The molecule has 0 unspecified atom stereocenters. The number of hydrogen-bond donors (Lipinski definition) is 0. The Labute approximate surface area is 64.6 Å². The lowest BCUT2D eigenvalue weighted by Crippen LogP contribution is -1.89. The average Bonchev–Trinajstić information content (AvgIpc) is 1.88. The van der Waals surface area contributed by atoms with E-state index >= 15 is 0 Å². The number of Topliss-reactive ketones (excluding diaryl/α,β-unsaturated/α-hetero) is 1. The van der Waals surface area contributed by atoms with E-state index in [-0.39, 0.29) is 5.78 Å². The molecule has 0 aromatic heterocycles. The van der Waals surface area contributed by atoms with Crippen molar-refractivity contribution in [3.05, 3.63) is 41.8 Å². The fourth-order valence-corrected chi connectivity index (χ4v) is 0.762. The Kier molecular flexibility index (Phi) is 2.07. The maximum Gasteiger partial charge on any atom is 0.163 e. The topological polar surface area (TPSA) is 17.1 Å². The quantitative estimate of drug-likeness (QED) is 0.566. The van der Waals surface area contributed by atoms with Crippen molar-refractivity contribution in [1.29, 1.82) is 0 Å². The van der Waals surface area contributed by atoms with Crippen molar-refractivity contribution in [1.82, 2.24) is 0 Å². The molecular formula is C8H6ClO. The van der Waals surface area contributed by atoms with E-state index in [0.717, 1.165) is 0 Å². The van der Waals surface area contributed by atoms with Crippen LogP contribution in [0.3, 0.4) is 0 Å². The summed E-state index contributed by atoms with van der Waals surface area (Å²) in [6.07, 6.45) is 0. The van der Waals surface area contributed by atoms with Crippen LogP contribution in [0.5, 0.6) is 0 Å². The summed E-state index contributed by atoms with van der Waals surface area (Å²) in [6.45, 7) is 3.26. The van der Waals surface area contributed by atoms with E-state index in [2.05, 4.69) is 6.92 Å². The predicted octanol–water partition coefficient (Wildman–Crippen LogP) is 2.36. The Hall–Kier alpha value is -0.820. The molecule has 2 heteroatoms. The van der Waals surface area contributed by atoms with E-state index in [0.29, 0.717) is 10.6 Å². The molecule has 0 aliphatic heterocycles. The van der Waals surface area contributed by atoms with Gasteiger partial charge in [0.05, 0.1) is 0 Å². The maximum atomic E-state index is 10.6. The van der Waals surface area contributed by atoms with Gasteiger partial charge in [-0.2, -0.15) is 0 Å². The number of hydrogen-bond acceptors (Lipinski definition) is 1. The molecule has 0 saturated heterocycles. The number of carbonyl (C=O) groups excluding carboxylic acids is 1. The Balaban J connectivity index is 3.00. The van der Waals surface area contributed by atoms with Crippen LogP contribution < -0.4 is 0 Å². The molecule has 1 radical (unpaired) electrons. The standard InChI is InChI=1S/C8H6ClO/c1-6(10)7-2-4-8(9)5-3-7/h2-5H,1H2. The molecular weight excluding hydrogens is 148 g/mol. The minimum atomic E-state index is -0.184. The summed E-state index contributed by atoms with van der Waals surface area (Å²) in [6, 6.07) is 6.63. The minimum absolute atomic E-state index is 0.184. The largest absolute Gasteiger partial charge is 0.294 e. The van der Waals surface area contributed by atoms with Gasteiger partial charge in [0.15, 0.2) is 5.78 Å². The van der Waals surface area contributed by atoms with Crippen LogP contribution in [0.25, 0.3) is 0 Å². The first-order valence-electron chi connectivity index (χ1n) is 2.82. The van der Waals surface area contributed by atoms with Crippen LogP contribution in [-0.2, 0) is 0 Å². The Bertz CT molecular complexity index is 238. The number of halogens is 1. The number of benzene rings is 1. The molecule has 0 spiro atoms. The Morgan fingerprint density at radius 3 is 2.20 bits per heavy atom. The van der Waals surface area contributed by atoms with Gasteiger partial charge in [-0.05, 0) is 24.3 Å². The number of carbonyl (C=O) groups is 1. The SMILES string of the molecule is [CH2]C(=O)c1ccc(Cl)cc1. The van der Waals surface area contributed by atoms with Crippen molar-refractivity contribution in [2.75, 3.05) is 0 Å². The molecule has 10 heavy (non-hydrogen) atoms. The molecule has 0 bridgehead atoms. The van der Waals surface area contributed by atoms with Gasteiger partial charge in [-0.15, -0.1) is 0 Å². The second-order valence-corrected chi connectivity index (χ2v) is 2.37. The monoisotopic (exact) mass is 153 g/mol. The zero-order valence-electron chi connectivity index (χ0n) is 5.30. The van der Waals surface area contributed by atoms with Crippen molar-refractivity contribution in [2.45, 2.75) is 0 Å². The van der Waals surface area contributed by atoms with Gasteiger partial charge in [0.2, 0.25) is 0 Å². The average molecular weight is 154 g/mol. The van der Waals surface area contributed by atoms with Crippen LogP contribution >= 0.6 is 11.6 Å². The minimum Gasteiger partial charge on any atom is -0.294 e. The highest BCUT2D eigenvalue weighted by atomic mass is 35.5. The van der Waals surface area contributed by atoms with Crippen molar-refractivity contribution in [2.24, 2.45) is 0 Å². The summed E-state index contributed by atoms with van der Waals surface area (Å²) in [5, 5.41) is 0.630. The van der Waals surface area contributed by atoms with Gasteiger partial charge < -0.3 is 0 Å². The summed E-state index contributed by atoms with van der Waals surface area (Å²) in [5.41, 5.74) is 0.587. The first kappa shape index (κ1) is 7.29. The highest BCUT2D eigenvalue weighted by Crippen LogP contribution is 2.09. The molecule has 0 amide bonds. The molecule has 0 fully saturated rings. The third kappa shape index (κ3) is 1.58. The molecule has 1 aromatic rings. The van der Waals surface area contributed by atoms with E-state index in [9.17, 15) is 4.79 Å². The first-order chi connectivity index (χ1) is 4.70. The molecule has 1 nitrogen and oxygen atoms in total. The zero-order chi connectivity index (χ0) is 7.56. The van der Waals surface area contributed by atoms with Gasteiger partial charge in [0.1, 0.15) is 0 Å². The van der Waals surface area contributed by atoms with Crippen molar-refractivity contribution >= 4 is 17.4 Å². The van der Waals surface area contributed by atoms with Crippen molar-refractivity contribution in [3.63, 3.8) is 0 Å². The Morgan fingerprint density at radius 2 is 1.80 bits per heavy atom. The van der Waals surface area contributed by atoms with Crippen molar-refractivity contribution < 1.29 is 4.79 Å². The highest BCUT2D eigenvalue weighted by Gasteiger charge is 1.96. The Morgan fingerprint density at radius 1 is 1.30 bits per heavy atom. The first-order valence-corrected chi connectivity index (χ1v) is 3.20. The molecule has 0 aliphatic rings. The van der Waals surface area contributed by atoms with E-state index in [1.54, 1.807) is 24.3 Å². The van der Waals surface area contributed by atoms with E-state index in [4.69, 9.17) is 11.6 Å². The summed E-state index contributed by atoms with van der Waals surface area (Å²) >= 11 is 5.58. The lowest BCUT2D eigenvalue weighted by Gasteiger charge is -1.92. The van der Waals surface area contributed by atoms with Crippen LogP contribution in [0.1, 0.15) is 10.4 Å². The summed E-state index contributed by atoms with van der Waals surface area (Å²) in [5.74, 6) is -0.184. The van der Waals surface area contributed by atoms with E-state index in [1.807, 2.05) is 0 Å². The summed E-state index contributed by atoms with van der Waals surface area (Å²) < 4.78 is 0. The van der Waals surface area contributed by atoms with Gasteiger partial charge in [-0.1, -0.05) is 11.6 Å². The third-order valence-electron chi connectivity index (χ3n) is 1.17. The van der Waals surface area contributed by atoms with Gasteiger partial charge in [0, 0.05) is 17.5 Å². The molecule has 0 atom stereocenters. The molecule has 0 heterocycles. The fraction of sp³-hybridized carbons (Fsp3) is 0. The van der Waals surface area contributed by atoms with Crippen molar-refractivity contribution in [3.8, 4) is 0 Å². The molecule has 1 rings (SSSR count). The van der Waals surface area contributed by atoms with Crippen LogP contribution in [0.2, 0.25) is 5.02 Å². The summed E-state index contributed by atoms with van der Waals surface area (Å²) in [4.78, 5) is 10.6. The van der Waals surface area contributed by atoms with Crippen LogP contribution in [0, 0.1) is 6.92 Å². The van der Waals surface area contributed by atoms with Crippen LogP contribution in [-0.4, -0.2) is 5.78 Å². The van der Waals surface area contributed by atoms with Crippen LogP contribution in [0.15, 0.2) is 24.3 Å². The van der Waals surface area contributed by atoms with E-state index < -0.39 is 0 Å². The molecule has 0 aliphatic carbocycles. The molecule has 1 aromatic carbocycles. The highest BCUT2D eigenvalue weighted by molar-refractivity contribution is 6.30.